The van der Waals surface area contributed by atoms with Crippen LogP contribution in [0, 0.1) is 0 Å². The molecule has 0 bridgehead atoms. The van der Waals surface area contributed by atoms with Crippen LogP contribution in [-0.4, -0.2) is 44.7 Å². The van der Waals surface area contributed by atoms with Crippen molar-refractivity contribution in [1.82, 2.24) is 10.6 Å². The number of nitrogens with two attached hydrogens (primary N) is 1. The Balaban J connectivity index is 2.07. The molecule has 1 aliphatic rings. The summed E-state index contributed by atoms with van der Waals surface area (Å²) in [4.78, 5) is 15.1. The van der Waals surface area contributed by atoms with Crippen molar-refractivity contribution in [3.63, 3.8) is 0 Å². The number of carbonyl (C=O) groups excluding carboxylic acids is 1. The molecule has 0 saturated heterocycles. The van der Waals surface area contributed by atoms with Crippen molar-refractivity contribution in [2.45, 2.75) is 18.9 Å². The van der Waals surface area contributed by atoms with Crippen molar-refractivity contribution in [2.75, 3.05) is 26.8 Å². The number of hydrogen-bond acceptors (Lipinski definition) is 3. The second-order valence-corrected chi connectivity index (χ2v) is 3.46. The van der Waals surface area contributed by atoms with E-state index < -0.39 is 0 Å². The van der Waals surface area contributed by atoms with Crippen LogP contribution in [-0.2, 0) is 9.53 Å². The number of rotatable bonds is 6. The molecule has 0 spiro atoms. The highest BCUT2D eigenvalue weighted by atomic mass is 16.5. The summed E-state index contributed by atoms with van der Waals surface area (Å²) in [5, 5.41) is 5.65. The summed E-state index contributed by atoms with van der Waals surface area (Å²) < 4.78 is 4.79. The van der Waals surface area contributed by atoms with Crippen molar-refractivity contribution in [3.05, 3.63) is 0 Å². The van der Waals surface area contributed by atoms with Gasteiger partial charge in [-0.3, -0.25) is 4.79 Å². The van der Waals surface area contributed by atoms with Crippen molar-refractivity contribution in [1.29, 1.82) is 0 Å². The molecule has 0 aliphatic heterocycles. The first kappa shape index (κ1) is 11.8. The maximum absolute atomic E-state index is 11.2. The van der Waals surface area contributed by atoms with Gasteiger partial charge in [0.1, 0.15) is 6.54 Å². The monoisotopic (exact) mass is 214 g/mol. The van der Waals surface area contributed by atoms with E-state index in [1.54, 1.807) is 7.11 Å². The van der Waals surface area contributed by atoms with Crippen LogP contribution in [0.5, 0.6) is 0 Å². The standard InChI is InChI=1S/C9H18N4O2/c1-15-5-4-11-8(14)6-12-9(10)13-7-2-3-7/h7H,2-6H2,1H3,(H,11,14)(H3,10,12,13). The normalized spacial score (nSPS) is 16.2. The van der Waals surface area contributed by atoms with Gasteiger partial charge in [-0.2, -0.15) is 0 Å². The first-order valence-electron chi connectivity index (χ1n) is 5.04. The Morgan fingerprint density at radius 2 is 2.33 bits per heavy atom. The molecular formula is C9H18N4O2. The largest absolute Gasteiger partial charge is 0.383 e. The lowest BCUT2D eigenvalue weighted by Gasteiger charge is -2.04. The Kier molecular flexibility index (Phi) is 4.89. The Bertz CT molecular complexity index is 238. The van der Waals surface area contributed by atoms with Gasteiger partial charge >= 0.3 is 0 Å². The van der Waals surface area contributed by atoms with Gasteiger partial charge < -0.3 is 21.1 Å². The maximum Gasteiger partial charge on any atom is 0.241 e. The van der Waals surface area contributed by atoms with Gasteiger partial charge in [0.2, 0.25) is 5.91 Å². The molecule has 86 valence electrons. The molecule has 6 nitrogen and oxygen atoms in total. The molecule has 0 radical (unpaired) electrons. The summed E-state index contributed by atoms with van der Waals surface area (Å²) in [7, 11) is 1.59. The van der Waals surface area contributed by atoms with Gasteiger partial charge in [0.15, 0.2) is 5.96 Å². The number of carbonyl (C=O) groups is 1. The highest BCUT2D eigenvalue weighted by molar-refractivity contribution is 5.84. The van der Waals surface area contributed by atoms with E-state index >= 15 is 0 Å². The molecule has 0 heterocycles. The van der Waals surface area contributed by atoms with Crippen LogP contribution >= 0.6 is 0 Å². The van der Waals surface area contributed by atoms with Crippen molar-refractivity contribution in [3.8, 4) is 0 Å². The van der Waals surface area contributed by atoms with Crippen LogP contribution in [0.3, 0.4) is 0 Å². The molecule has 1 fully saturated rings. The third-order valence-electron chi connectivity index (χ3n) is 1.95. The summed E-state index contributed by atoms with van der Waals surface area (Å²) in [5.41, 5.74) is 5.55. The quantitative estimate of drug-likeness (QED) is 0.295. The molecule has 0 atom stereocenters. The summed E-state index contributed by atoms with van der Waals surface area (Å²) >= 11 is 0. The first-order chi connectivity index (χ1) is 7.22. The van der Waals surface area contributed by atoms with E-state index in [-0.39, 0.29) is 12.5 Å². The number of methoxy groups -OCH3 is 1. The molecule has 1 amide bonds. The minimum absolute atomic E-state index is 0.0647. The number of ether oxygens (including phenoxy) is 1. The molecule has 15 heavy (non-hydrogen) atoms. The highest BCUT2D eigenvalue weighted by Gasteiger charge is 2.21. The van der Waals surface area contributed by atoms with Crippen molar-refractivity contribution >= 4 is 11.9 Å². The molecule has 0 unspecified atom stereocenters. The number of aliphatic imine (C=N–C) groups is 1. The molecule has 0 aromatic rings. The number of nitrogens with zero attached hydrogens (tertiary/aromatic N) is 1. The fourth-order valence-electron chi connectivity index (χ4n) is 0.988. The lowest BCUT2D eigenvalue weighted by molar-refractivity contribution is -0.119. The van der Waals surface area contributed by atoms with E-state index in [0.717, 1.165) is 12.8 Å². The fraction of sp³-hybridized carbons (Fsp3) is 0.778. The summed E-state index contributed by atoms with van der Waals surface area (Å²) in [6.07, 6.45) is 2.27. The molecule has 6 heteroatoms. The average Bonchev–Trinajstić information content (AvgIpc) is 2.99. The van der Waals surface area contributed by atoms with Gasteiger partial charge in [0, 0.05) is 19.7 Å². The third kappa shape index (κ3) is 5.90. The number of amides is 1. The summed E-state index contributed by atoms with van der Waals surface area (Å²) in [5.74, 6) is 0.201. The van der Waals surface area contributed by atoms with E-state index in [2.05, 4.69) is 15.6 Å². The Morgan fingerprint density at radius 1 is 1.60 bits per heavy atom. The highest BCUT2D eigenvalue weighted by Crippen LogP contribution is 2.17. The lowest BCUT2D eigenvalue weighted by Crippen LogP contribution is -2.35. The van der Waals surface area contributed by atoms with Gasteiger partial charge in [-0.05, 0) is 12.8 Å². The Morgan fingerprint density at radius 3 is 2.93 bits per heavy atom. The average molecular weight is 214 g/mol. The lowest BCUT2D eigenvalue weighted by atomic mass is 10.5. The molecule has 0 aromatic carbocycles. The molecule has 0 aromatic heterocycles. The zero-order valence-electron chi connectivity index (χ0n) is 8.95. The van der Waals surface area contributed by atoms with Crippen LogP contribution in [0.1, 0.15) is 12.8 Å². The first-order valence-corrected chi connectivity index (χ1v) is 5.04. The zero-order chi connectivity index (χ0) is 11.1. The number of guanidine groups is 1. The zero-order valence-corrected chi connectivity index (χ0v) is 8.95. The third-order valence-corrected chi connectivity index (χ3v) is 1.95. The Labute approximate surface area is 89.3 Å². The van der Waals surface area contributed by atoms with E-state index in [4.69, 9.17) is 10.5 Å². The predicted molar refractivity (Wildman–Crippen MR) is 57.5 cm³/mol. The predicted octanol–water partition coefficient (Wildman–Crippen LogP) is -1.18. The summed E-state index contributed by atoms with van der Waals surface area (Å²) in [6.45, 7) is 1.07. The van der Waals surface area contributed by atoms with Gasteiger partial charge in [0.05, 0.1) is 6.61 Å². The maximum atomic E-state index is 11.2. The fourth-order valence-corrected chi connectivity index (χ4v) is 0.988. The van der Waals surface area contributed by atoms with Gasteiger partial charge in [-0.25, -0.2) is 4.99 Å². The smallest absolute Gasteiger partial charge is 0.241 e. The van der Waals surface area contributed by atoms with E-state index in [9.17, 15) is 4.79 Å². The number of nitrogens with one attached hydrogen (secondary N) is 2. The molecule has 1 saturated carbocycles. The van der Waals surface area contributed by atoms with E-state index in [1.165, 1.54) is 0 Å². The topological polar surface area (TPSA) is 88.7 Å². The number of hydrogen-bond donors (Lipinski definition) is 3. The van der Waals surface area contributed by atoms with Crippen molar-refractivity contribution in [2.24, 2.45) is 10.7 Å². The minimum Gasteiger partial charge on any atom is -0.383 e. The van der Waals surface area contributed by atoms with Crippen molar-refractivity contribution < 1.29 is 9.53 Å². The second kappa shape index (κ2) is 6.23. The molecular weight excluding hydrogens is 196 g/mol. The van der Waals surface area contributed by atoms with Gasteiger partial charge in [0.25, 0.3) is 0 Å². The second-order valence-electron chi connectivity index (χ2n) is 3.46. The SMILES string of the molecule is COCCNC(=O)CN=C(N)NC1CC1. The Hall–Kier alpha value is -1.30. The molecule has 4 N–H and O–H groups in total. The molecule has 1 rings (SSSR count). The van der Waals surface area contributed by atoms with Crippen LogP contribution in [0.25, 0.3) is 0 Å². The van der Waals surface area contributed by atoms with E-state index in [0.29, 0.717) is 25.2 Å². The van der Waals surface area contributed by atoms with Gasteiger partial charge in [-0.15, -0.1) is 0 Å². The minimum atomic E-state index is -0.146. The van der Waals surface area contributed by atoms with Crippen LogP contribution in [0.2, 0.25) is 0 Å². The van der Waals surface area contributed by atoms with Crippen LogP contribution < -0.4 is 16.4 Å². The van der Waals surface area contributed by atoms with E-state index in [1.807, 2.05) is 0 Å². The van der Waals surface area contributed by atoms with Crippen LogP contribution in [0.4, 0.5) is 0 Å². The molecule has 1 aliphatic carbocycles. The van der Waals surface area contributed by atoms with Gasteiger partial charge in [-0.1, -0.05) is 0 Å². The van der Waals surface area contributed by atoms with Crippen LogP contribution in [0.15, 0.2) is 4.99 Å². The summed E-state index contributed by atoms with van der Waals surface area (Å²) in [6, 6.07) is 0.463.